The Bertz CT molecular complexity index is 971. The number of hydrogen-bond donors (Lipinski definition) is 1. The third-order valence-corrected chi connectivity index (χ3v) is 6.57. The normalized spacial score (nSPS) is 22.5. The molecule has 1 aliphatic rings. The Kier molecular flexibility index (Phi) is 6.68. The van der Waals surface area contributed by atoms with E-state index in [2.05, 4.69) is 0 Å². The maximum absolute atomic E-state index is 14.9. The number of ether oxygens (including phenoxy) is 1. The fraction of sp³-hybridized carbons (Fsp3) is 0.400. The first-order chi connectivity index (χ1) is 14.2. The van der Waals surface area contributed by atoms with E-state index in [-0.39, 0.29) is 23.2 Å². The first kappa shape index (κ1) is 22.5. The Morgan fingerprint density at radius 2 is 1.77 bits per heavy atom. The minimum absolute atomic E-state index is 0.0420. The third-order valence-electron chi connectivity index (χ3n) is 6.32. The molecular formula is C25H28ClFO3. The van der Waals surface area contributed by atoms with Gasteiger partial charge in [-0.15, -0.1) is 0 Å². The smallest absolute Gasteiger partial charge is 0.163 e. The highest BCUT2D eigenvalue weighted by Crippen LogP contribution is 2.45. The van der Waals surface area contributed by atoms with Crippen LogP contribution in [0.1, 0.15) is 50.7 Å². The largest absolute Gasteiger partial charge is 0.511 e. The predicted octanol–water partition coefficient (Wildman–Crippen LogP) is 6.91. The van der Waals surface area contributed by atoms with Crippen molar-refractivity contribution in [3.8, 4) is 11.1 Å². The van der Waals surface area contributed by atoms with Crippen molar-refractivity contribution in [1.29, 1.82) is 0 Å². The van der Waals surface area contributed by atoms with E-state index in [1.165, 1.54) is 13.0 Å². The quantitative estimate of drug-likeness (QED) is 0.414. The molecule has 0 atom stereocenters. The van der Waals surface area contributed by atoms with Crippen LogP contribution in [0.3, 0.4) is 0 Å². The Morgan fingerprint density at radius 1 is 1.17 bits per heavy atom. The number of carbonyl (C=O) groups excluding carboxylic acids is 1. The molecule has 0 radical (unpaired) electrons. The van der Waals surface area contributed by atoms with E-state index in [9.17, 15) is 14.3 Å². The molecular weight excluding hydrogens is 403 g/mol. The number of aliphatic hydroxyl groups is 1. The third kappa shape index (κ3) is 4.45. The molecule has 1 N–H and O–H groups in total. The van der Waals surface area contributed by atoms with E-state index in [1.807, 2.05) is 6.92 Å². The molecule has 0 saturated heterocycles. The van der Waals surface area contributed by atoms with Gasteiger partial charge in [0.05, 0.1) is 11.7 Å². The number of ketones is 1. The fourth-order valence-corrected chi connectivity index (χ4v) is 4.36. The zero-order chi connectivity index (χ0) is 22.1. The number of rotatable bonds is 5. The maximum Gasteiger partial charge on any atom is 0.163 e. The molecule has 0 aliphatic heterocycles. The second-order valence-electron chi connectivity index (χ2n) is 8.41. The van der Waals surface area contributed by atoms with E-state index >= 15 is 0 Å². The second kappa shape index (κ2) is 8.91. The summed E-state index contributed by atoms with van der Waals surface area (Å²) in [4.78, 5) is 12.7. The summed E-state index contributed by atoms with van der Waals surface area (Å²) in [5, 5.41) is 11.9. The van der Waals surface area contributed by atoms with E-state index in [0.29, 0.717) is 34.6 Å². The molecule has 0 amide bonds. The number of allylic oxidation sites excluding steroid dienone is 2. The van der Waals surface area contributed by atoms with Crippen molar-refractivity contribution in [2.45, 2.75) is 52.6 Å². The van der Waals surface area contributed by atoms with Gasteiger partial charge in [-0.25, -0.2) is 4.39 Å². The fourth-order valence-electron chi connectivity index (χ4n) is 4.23. The van der Waals surface area contributed by atoms with Gasteiger partial charge >= 0.3 is 0 Å². The van der Waals surface area contributed by atoms with Crippen molar-refractivity contribution in [1.82, 2.24) is 0 Å². The highest BCUT2D eigenvalue weighted by Gasteiger charge is 2.37. The van der Waals surface area contributed by atoms with Gasteiger partial charge in [-0.2, -0.15) is 0 Å². The van der Waals surface area contributed by atoms with Crippen LogP contribution in [0.5, 0.6) is 0 Å². The van der Waals surface area contributed by atoms with Crippen LogP contribution >= 0.6 is 11.6 Å². The summed E-state index contributed by atoms with van der Waals surface area (Å²) in [5.74, 6) is -0.657. The number of hydrogen-bond acceptors (Lipinski definition) is 3. The van der Waals surface area contributed by atoms with Crippen molar-refractivity contribution < 1.29 is 19.0 Å². The monoisotopic (exact) mass is 430 g/mol. The van der Waals surface area contributed by atoms with Gasteiger partial charge < -0.3 is 9.84 Å². The molecule has 2 aromatic carbocycles. The second-order valence-corrected chi connectivity index (χ2v) is 8.85. The minimum atomic E-state index is -0.546. The van der Waals surface area contributed by atoms with Gasteiger partial charge in [0.25, 0.3) is 0 Å². The van der Waals surface area contributed by atoms with Crippen LogP contribution in [-0.2, 0) is 9.53 Å². The maximum atomic E-state index is 14.9. The number of carbonyl (C=O) groups is 1. The number of halogens is 2. The summed E-state index contributed by atoms with van der Waals surface area (Å²) >= 11 is 5.97. The van der Waals surface area contributed by atoms with Crippen LogP contribution in [0.25, 0.3) is 16.7 Å². The number of aliphatic hydroxyl groups excluding tert-OH is 1. The van der Waals surface area contributed by atoms with E-state index < -0.39 is 11.2 Å². The zero-order valence-corrected chi connectivity index (χ0v) is 18.6. The van der Waals surface area contributed by atoms with Crippen molar-refractivity contribution in [3.05, 3.63) is 64.1 Å². The van der Waals surface area contributed by atoms with Gasteiger partial charge in [0.2, 0.25) is 0 Å². The molecule has 3 rings (SSSR count). The lowest BCUT2D eigenvalue weighted by molar-refractivity contribution is -0.112. The lowest BCUT2D eigenvalue weighted by Gasteiger charge is -2.37. The van der Waals surface area contributed by atoms with Gasteiger partial charge in [0.15, 0.2) is 5.78 Å². The molecule has 5 heteroatoms. The SMILES string of the molecule is COC1CCC(C)(/C(O)=C(\C(C)=O)c2cc(-c3ccc(Cl)cc3)cc(F)c2C)CC1. The average molecular weight is 431 g/mol. The van der Waals surface area contributed by atoms with Crippen molar-refractivity contribution >= 4 is 23.0 Å². The molecule has 0 unspecified atom stereocenters. The Labute approximate surface area is 182 Å². The summed E-state index contributed by atoms with van der Waals surface area (Å²) < 4.78 is 20.3. The molecule has 0 spiro atoms. The van der Waals surface area contributed by atoms with E-state index in [4.69, 9.17) is 16.3 Å². The molecule has 1 aliphatic carbocycles. The number of benzene rings is 2. The van der Waals surface area contributed by atoms with Crippen molar-refractivity contribution in [3.63, 3.8) is 0 Å². The topological polar surface area (TPSA) is 46.5 Å². The first-order valence-electron chi connectivity index (χ1n) is 10.2. The van der Waals surface area contributed by atoms with E-state index in [0.717, 1.165) is 18.4 Å². The van der Waals surface area contributed by atoms with Crippen LogP contribution in [-0.4, -0.2) is 24.1 Å². The molecule has 2 aromatic rings. The van der Waals surface area contributed by atoms with Crippen LogP contribution in [0.15, 0.2) is 42.2 Å². The Hall–Kier alpha value is -2.17. The standard InChI is InChI=1S/C25H28ClFO3/c1-15-21(13-18(14-22(15)27)17-5-7-19(26)8-6-17)23(16(2)28)24(29)25(3)11-9-20(30-4)10-12-25/h5-8,13-14,20,29H,9-12H2,1-4H3/b24-23-. The van der Waals surface area contributed by atoms with Crippen molar-refractivity contribution in [2.75, 3.05) is 7.11 Å². The molecule has 0 bridgehead atoms. The van der Waals surface area contributed by atoms with Crippen LogP contribution in [0.2, 0.25) is 5.02 Å². The zero-order valence-electron chi connectivity index (χ0n) is 17.9. The van der Waals surface area contributed by atoms with Crippen LogP contribution in [0, 0.1) is 18.2 Å². The minimum Gasteiger partial charge on any atom is -0.511 e. The lowest BCUT2D eigenvalue weighted by atomic mass is 9.71. The number of Topliss-reactive ketones (excluding diaryl/α,β-unsaturated/α-hetero) is 1. The first-order valence-corrected chi connectivity index (χ1v) is 10.6. The molecule has 1 fully saturated rings. The summed E-state index contributed by atoms with van der Waals surface area (Å²) in [6.45, 7) is 5.02. The molecule has 0 aromatic heterocycles. The van der Waals surface area contributed by atoms with Gasteiger partial charge in [0.1, 0.15) is 11.6 Å². The lowest BCUT2D eigenvalue weighted by Crippen LogP contribution is -2.31. The van der Waals surface area contributed by atoms with Crippen molar-refractivity contribution in [2.24, 2.45) is 5.41 Å². The van der Waals surface area contributed by atoms with Gasteiger partial charge in [-0.1, -0.05) is 30.7 Å². The molecule has 0 heterocycles. The molecule has 30 heavy (non-hydrogen) atoms. The molecule has 1 saturated carbocycles. The Balaban J connectivity index is 2.13. The molecule has 160 valence electrons. The molecule has 3 nitrogen and oxygen atoms in total. The Morgan fingerprint density at radius 3 is 2.30 bits per heavy atom. The summed E-state index contributed by atoms with van der Waals surface area (Å²) in [6.07, 6.45) is 3.18. The van der Waals surface area contributed by atoms with E-state index in [1.54, 1.807) is 44.4 Å². The van der Waals surface area contributed by atoms with Crippen LogP contribution < -0.4 is 0 Å². The van der Waals surface area contributed by atoms with Gasteiger partial charge in [-0.3, -0.25) is 4.79 Å². The predicted molar refractivity (Wildman–Crippen MR) is 119 cm³/mol. The summed E-state index contributed by atoms with van der Waals surface area (Å²) in [6, 6.07) is 10.3. The van der Waals surface area contributed by atoms with Gasteiger partial charge in [0, 0.05) is 17.5 Å². The average Bonchev–Trinajstić information content (AvgIpc) is 2.72. The highest BCUT2D eigenvalue weighted by atomic mass is 35.5. The van der Waals surface area contributed by atoms with Gasteiger partial charge in [-0.05, 0) is 86.1 Å². The van der Waals surface area contributed by atoms with Crippen LogP contribution in [0.4, 0.5) is 4.39 Å². The number of methoxy groups -OCH3 is 1. The highest BCUT2D eigenvalue weighted by molar-refractivity contribution is 6.30. The summed E-state index contributed by atoms with van der Waals surface area (Å²) in [5.41, 5.74) is 1.84. The summed E-state index contributed by atoms with van der Waals surface area (Å²) in [7, 11) is 1.69.